The van der Waals surface area contributed by atoms with Gasteiger partial charge in [0, 0.05) is 11.3 Å². The average Bonchev–Trinajstić information content (AvgIpc) is 2.21. The molecule has 76 valence electrons. The molecule has 13 heavy (non-hydrogen) atoms. The maximum atomic E-state index is 12.5. The summed E-state index contributed by atoms with van der Waals surface area (Å²) in [6.07, 6.45) is 4.96. The summed E-state index contributed by atoms with van der Waals surface area (Å²) in [6, 6.07) is 0. The third-order valence-corrected chi connectivity index (χ3v) is 3.44. The van der Waals surface area contributed by atoms with Crippen molar-refractivity contribution >= 4 is 17.3 Å². The van der Waals surface area contributed by atoms with E-state index in [0.29, 0.717) is 5.88 Å². The molecule has 1 aliphatic carbocycles. The molecule has 0 bridgehead atoms. The number of nitrogens with zero attached hydrogens (tertiary/aromatic N) is 1. The van der Waals surface area contributed by atoms with Gasteiger partial charge in [-0.3, -0.25) is 0 Å². The van der Waals surface area contributed by atoms with Crippen molar-refractivity contribution in [3.05, 3.63) is 0 Å². The van der Waals surface area contributed by atoms with Gasteiger partial charge in [0.15, 0.2) is 0 Å². The van der Waals surface area contributed by atoms with Gasteiger partial charge in [-0.05, 0) is 12.8 Å². The van der Waals surface area contributed by atoms with Crippen LogP contribution in [-0.4, -0.2) is 23.5 Å². The van der Waals surface area contributed by atoms with E-state index in [2.05, 4.69) is 5.16 Å². The van der Waals surface area contributed by atoms with E-state index >= 15 is 0 Å². The van der Waals surface area contributed by atoms with Gasteiger partial charge in [0.2, 0.25) is 0 Å². The Hall–Kier alpha value is -0.310. The molecule has 1 saturated carbocycles. The van der Waals surface area contributed by atoms with Gasteiger partial charge in [0.05, 0.1) is 5.71 Å². The zero-order valence-corrected chi connectivity index (χ0v) is 8.36. The molecule has 0 radical (unpaired) electrons. The van der Waals surface area contributed by atoms with Crippen molar-refractivity contribution in [2.75, 3.05) is 12.6 Å². The summed E-state index contributed by atoms with van der Waals surface area (Å²) in [6.45, 7) is -0.691. The van der Waals surface area contributed by atoms with E-state index in [1.165, 1.54) is 6.42 Å². The lowest BCUT2D eigenvalue weighted by Crippen LogP contribution is -2.36. The van der Waals surface area contributed by atoms with Crippen LogP contribution in [0.2, 0.25) is 0 Å². The van der Waals surface area contributed by atoms with E-state index in [0.717, 1.165) is 25.7 Å². The Morgan fingerprint density at radius 3 is 2.38 bits per heavy atom. The molecule has 0 atom stereocenters. The van der Waals surface area contributed by atoms with Crippen LogP contribution < -0.4 is 0 Å². The topological polar surface area (TPSA) is 32.6 Å². The molecular formula is C9H15ClFNO. The number of oxime groups is 1. The van der Waals surface area contributed by atoms with Crippen LogP contribution in [0.3, 0.4) is 0 Å². The number of rotatable bonds is 3. The van der Waals surface area contributed by atoms with Crippen molar-refractivity contribution < 1.29 is 9.60 Å². The van der Waals surface area contributed by atoms with Crippen LogP contribution in [0.1, 0.15) is 32.1 Å². The van der Waals surface area contributed by atoms with E-state index in [1.807, 2.05) is 0 Å². The van der Waals surface area contributed by atoms with Crippen LogP contribution in [0.5, 0.6) is 0 Å². The maximum absolute atomic E-state index is 12.5. The monoisotopic (exact) mass is 207 g/mol. The summed E-state index contributed by atoms with van der Waals surface area (Å²) in [5.41, 5.74) is -0.147. The molecule has 0 unspecified atom stereocenters. The van der Waals surface area contributed by atoms with Gasteiger partial charge in [-0.2, -0.15) is 0 Å². The zero-order chi connectivity index (χ0) is 9.73. The normalized spacial score (nSPS) is 23.1. The minimum Gasteiger partial charge on any atom is -0.411 e. The largest absolute Gasteiger partial charge is 0.411 e. The molecule has 1 fully saturated rings. The van der Waals surface area contributed by atoms with Crippen LogP contribution in [-0.2, 0) is 0 Å². The van der Waals surface area contributed by atoms with Crippen LogP contribution in [0.4, 0.5) is 4.39 Å². The van der Waals surface area contributed by atoms with E-state index in [-0.39, 0.29) is 11.1 Å². The molecule has 0 aromatic carbocycles. The number of halogens is 2. The van der Waals surface area contributed by atoms with Crippen LogP contribution >= 0.6 is 11.6 Å². The third-order valence-electron chi connectivity index (χ3n) is 2.93. The van der Waals surface area contributed by atoms with Crippen molar-refractivity contribution in [3.63, 3.8) is 0 Å². The van der Waals surface area contributed by atoms with Gasteiger partial charge >= 0.3 is 0 Å². The highest BCUT2D eigenvalue weighted by Gasteiger charge is 2.36. The van der Waals surface area contributed by atoms with Crippen LogP contribution in [0.25, 0.3) is 0 Å². The first kappa shape index (κ1) is 10.8. The molecule has 0 aromatic heterocycles. The summed E-state index contributed by atoms with van der Waals surface area (Å²) in [7, 11) is 0. The summed E-state index contributed by atoms with van der Waals surface area (Å²) in [5.74, 6) is 0.357. The van der Waals surface area contributed by atoms with Gasteiger partial charge in [-0.1, -0.05) is 24.4 Å². The molecule has 1 N–H and O–H groups in total. The first-order valence-electron chi connectivity index (χ1n) is 4.62. The Kier molecular flexibility index (Phi) is 3.97. The Labute approximate surface area is 82.8 Å². The van der Waals surface area contributed by atoms with Gasteiger partial charge in [-0.25, -0.2) is 4.39 Å². The fourth-order valence-corrected chi connectivity index (χ4v) is 2.42. The van der Waals surface area contributed by atoms with E-state index in [4.69, 9.17) is 16.8 Å². The van der Waals surface area contributed by atoms with Crippen molar-refractivity contribution in [2.24, 2.45) is 10.6 Å². The molecule has 4 heteroatoms. The first-order chi connectivity index (χ1) is 6.29. The number of alkyl halides is 2. The Bertz CT molecular complexity index is 190. The van der Waals surface area contributed by atoms with Crippen molar-refractivity contribution in [3.8, 4) is 0 Å². The maximum Gasteiger partial charge on any atom is 0.131 e. The molecular weight excluding hydrogens is 193 g/mol. The fraction of sp³-hybridized carbons (Fsp3) is 0.889. The lowest BCUT2D eigenvalue weighted by molar-refractivity contribution is 0.269. The lowest BCUT2D eigenvalue weighted by Gasteiger charge is -2.34. The molecule has 0 heterocycles. The predicted molar refractivity (Wildman–Crippen MR) is 51.4 cm³/mol. The molecule has 0 spiro atoms. The van der Waals surface area contributed by atoms with E-state index in [1.54, 1.807) is 0 Å². The SMILES string of the molecule is O/N=C(\CF)C1(CCl)CCCCC1. The van der Waals surface area contributed by atoms with E-state index in [9.17, 15) is 4.39 Å². The van der Waals surface area contributed by atoms with E-state index < -0.39 is 6.67 Å². The van der Waals surface area contributed by atoms with Crippen LogP contribution in [0.15, 0.2) is 5.16 Å². The minimum atomic E-state index is -0.691. The van der Waals surface area contributed by atoms with Crippen LogP contribution in [0, 0.1) is 5.41 Å². The smallest absolute Gasteiger partial charge is 0.131 e. The van der Waals surface area contributed by atoms with Gasteiger partial charge < -0.3 is 5.21 Å². The molecule has 0 saturated heterocycles. The number of hydrogen-bond donors (Lipinski definition) is 1. The quantitative estimate of drug-likeness (QED) is 0.328. The Morgan fingerprint density at radius 2 is 2.00 bits per heavy atom. The standard InChI is InChI=1S/C9H15ClFNO/c10-7-9(8(6-11)12-13)4-2-1-3-5-9/h13H,1-7H2/b12-8+. The molecule has 2 nitrogen and oxygen atoms in total. The molecule has 0 aromatic rings. The van der Waals surface area contributed by atoms with Crippen molar-refractivity contribution in [1.82, 2.24) is 0 Å². The van der Waals surface area contributed by atoms with Gasteiger partial charge in [-0.15, -0.1) is 11.6 Å². The average molecular weight is 208 g/mol. The summed E-state index contributed by atoms with van der Waals surface area (Å²) in [5, 5.41) is 11.7. The zero-order valence-electron chi connectivity index (χ0n) is 7.60. The van der Waals surface area contributed by atoms with Crippen molar-refractivity contribution in [2.45, 2.75) is 32.1 Å². The molecule has 1 aliphatic rings. The highest BCUT2D eigenvalue weighted by Crippen LogP contribution is 2.38. The Morgan fingerprint density at radius 1 is 1.38 bits per heavy atom. The minimum absolute atomic E-state index is 0.224. The third kappa shape index (κ3) is 2.13. The lowest BCUT2D eigenvalue weighted by atomic mass is 9.72. The second-order valence-corrected chi connectivity index (χ2v) is 3.92. The summed E-state index contributed by atoms with van der Waals surface area (Å²) < 4.78 is 12.5. The first-order valence-corrected chi connectivity index (χ1v) is 5.16. The Balaban J connectivity index is 2.77. The highest BCUT2D eigenvalue weighted by molar-refractivity contribution is 6.20. The highest BCUT2D eigenvalue weighted by atomic mass is 35.5. The molecule has 0 aliphatic heterocycles. The fourth-order valence-electron chi connectivity index (χ4n) is 2.00. The molecule has 0 amide bonds. The second-order valence-electron chi connectivity index (χ2n) is 3.65. The summed E-state index contributed by atoms with van der Waals surface area (Å²) >= 11 is 5.83. The summed E-state index contributed by atoms with van der Waals surface area (Å²) in [4.78, 5) is 0. The van der Waals surface area contributed by atoms with Crippen molar-refractivity contribution in [1.29, 1.82) is 0 Å². The number of hydrogen-bond acceptors (Lipinski definition) is 2. The van der Waals surface area contributed by atoms with Gasteiger partial charge in [0.25, 0.3) is 0 Å². The molecule has 1 rings (SSSR count). The van der Waals surface area contributed by atoms with Gasteiger partial charge in [0.1, 0.15) is 6.67 Å². The second kappa shape index (κ2) is 4.80. The predicted octanol–water partition coefficient (Wildman–Crippen LogP) is 2.98.